The number of sulfone groups is 1. The molecule has 1 amide bonds. The number of hydrogen-bond donors (Lipinski definition) is 2. The van der Waals surface area contributed by atoms with E-state index in [4.69, 9.17) is 10.5 Å². The smallest absolute Gasteiger partial charge is 0.237 e. The van der Waals surface area contributed by atoms with Gasteiger partial charge in [-0.15, -0.1) is 0 Å². The second-order valence-corrected chi connectivity index (χ2v) is 7.08. The molecule has 21 heavy (non-hydrogen) atoms. The Morgan fingerprint density at radius 2 is 1.90 bits per heavy atom. The van der Waals surface area contributed by atoms with E-state index in [1.165, 1.54) is 12.1 Å². The molecule has 0 saturated carbocycles. The highest BCUT2D eigenvalue weighted by molar-refractivity contribution is 7.90. The molecule has 1 atom stereocenters. The maximum Gasteiger partial charge on any atom is 0.237 e. The summed E-state index contributed by atoms with van der Waals surface area (Å²) < 4.78 is 28.2. The molecule has 1 aromatic carbocycles. The largest absolute Gasteiger partial charge is 0.494 e. The molecule has 0 bridgehead atoms. The van der Waals surface area contributed by atoms with Gasteiger partial charge in [0.05, 0.1) is 17.0 Å². The van der Waals surface area contributed by atoms with Crippen LogP contribution in [0.3, 0.4) is 0 Å². The van der Waals surface area contributed by atoms with Crippen LogP contribution >= 0.6 is 0 Å². The van der Waals surface area contributed by atoms with E-state index in [2.05, 4.69) is 5.32 Å². The number of ether oxygens (including phenoxy) is 1. The second-order valence-electron chi connectivity index (χ2n) is 5.07. The van der Waals surface area contributed by atoms with E-state index in [0.717, 1.165) is 6.26 Å². The molecule has 1 aromatic rings. The van der Waals surface area contributed by atoms with Crippen molar-refractivity contribution in [3.05, 3.63) is 24.3 Å². The standard InChI is InChI=1S/C14H22N2O4S/c1-4-16-14(2,13(15)17)9-10-20-11-5-7-12(8-6-11)21(3,18)19/h5-8,16H,4,9-10H2,1-3H3,(H2,15,17). The van der Waals surface area contributed by atoms with Crippen molar-refractivity contribution in [3.63, 3.8) is 0 Å². The maximum atomic E-state index is 11.4. The van der Waals surface area contributed by atoms with E-state index in [1.54, 1.807) is 19.1 Å². The van der Waals surface area contributed by atoms with Crippen molar-refractivity contribution in [2.45, 2.75) is 30.7 Å². The SMILES string of the molecule is CCNC(C)(CCOc1ccc(S(C)(=O)=O)cc1)C(N)=O. The van der Waals surface area contributed by atoms with E-state index in [-0.39, 0.29) is 4.90 Å². The summed E-state index contributed by atoms with van der Waals surface area (Å²) in [6.45, 7) is 4.55. The predicted octanol–water partition coefficient (Wildman–Crippen LogP) is 0.713. The summed E-state index contributed by atoms with van der Waals surface area (Å²) in [5, 5.41) is 3.04. The predicted molar refractivity (Wildman–Crippen MR) is 80.9 cm³/mol. The van der Waals surface area contributed by atoms with Crippen LogP contribution in [-0.4, -0.2) is 39.3 Å². The van der Waals surface area contributed by atoms with Crippen LogP contribution in [0.25, 0.3) is 0 Å². The lowest BCUT2D eigenvalue weighted by molar-refractivity contribution is -0.124. The molecule has 0 aromatic heterocycles. The van der Waals surface area contributed by atoms with Crippen LogP contribution in [0.15, 0.2) is 29.2 Å². The molecular weight excluding hydrogens is 292 g/mol. The average Bonchev–Trinajstić information content (AvgIpc) is 2.38. The monoisotopic (exact) mass is 314 g/mol. The number of carbonyl (C=O) groups excluding carboxylic acids is 1. The number of likely N-dealkylation sites (N-methyl/N-ethyl adjacent to an activating group) is 1. The average molecular weight is 314 g/mol. The molecule has 1 rings (SSSR count). The van der Waals surface area contributed by atoms with E-state index in [1.807, 2.05) is 6.92 Å². The van der Waals surface area contributed by atoms with Crippen LogP contribution in [0.4, 0.5) is 0 Å². The van der Waals surface area contributed by atoms with Crippen molar-refractivity contribution in [2.24, 2.45) is 5.73 Å². The lowest BCUT2D eigenvalue weighted by Crippen LogP contribution is -2.53. The summed E-state index contributed by atoms with van der Waals surface area (Å²) in [6, 6.07) is 6.15. The lowest BCUT2D eigenvalue weighted by Gasteiger charge is -2.26. The summed E-state index contributed by atoms with van der Waals surface area (Å²) in [5.74, 6) is 0.117. The van der Waals surface area contributed by atoms with E-state index >= 15 is 0 Å². The summed E-state index contributed by atoms with van der Waals surface area (Å²) in [4.78, 5) is 11.7. The van der Waals surface area contributed by atoms with Gasteiger partial charge in [-0.25, -0.2) is 8.42 Å². The van der Waals surface area contributed by atoms with Gasteiger partial charge < -0.3 is 15.8 Å². The van der Waals surface area contributed by atoms with Gasteiger partial charge in [-0.05, 0) is 37.7 Å². The van der Waals surface area contributed by atoms with Gasteiger partial charge in [-0.3, -0.25) is 4.79 Å². The summed E-state index contributed by atoms with van der Waals surface area (Å²) in [6.07, 6.45) is 1.57. The number of primary amides is 1. The van der Waals surface area contributed by atoms with Crippen molar-refractivity contribution in [1.82, 2.24) is 5.32 Å². The third-order valence-electron chi connectivity index (χ3n) is 3.23. The highest BCUT2D eigenvalue weighted by atomic mass is 32.2. The minimum Gasteiger partial charge on any atom is -0.494 e. The number of nitrogens with two attached hydrogens (primary N) is 1. The first kappa shape index (κ1) is 17.5. The van der Waals surface area contributed by atoms with Gasteiger partial charge in [0, 0.05) is 12.7 Å². The van der Waals surface area contributed by atoms with Crippen molar-refractivity contribution in [2.75, 3.05) is 19.4 Å². The molecule has 1 unspecified atom stereocenters. The minimum atomic E-state index is -3.21. The van der Waals surface area contributed by atoms with E-state index in [9.17, 15) is 13.2 Å². The summed E-state index contributed by atoms with van der Waals surface area (Å²) in [5.41, 5.74) is 4.56. The molecular formula is C14H22N2O4S. The van der Waals surface area contributed by atoms with E-state index < -0.39 is 21.3 Å². The van der Waals surface area contributed by atoms with Gasteiger partial charge in [0.15, 0.2) is 9.84 Å². The maximum absolute atomic E-state index is 11.4. The lowest BCUT2D eigenvalue weighted by atomic mass is 9.97. The highest BCUT2D eigenvalue weighted by Crippen LogP contribution is 2.17. The quantitative estimate of drug-likeness (QED) is 0.736. The van der Waals surface area contributed by atoms with Crippen LogP contribution < -0.4 is 15.8 Å². The molecule has 118 valence electrons. The van der Waals surface area contributed by atoms with Crippen molar-refractivity contribution in [3.8, 4) is 5.75 Å². The zero-order chi connectivity index (χ0) is 16.1. The Morgan fingerprint density at radius 1 is 1.33 bits per heavy atom. The van der Waals surface area contributed by atoms with Gasteiger partial charge in [-0.1, -0.05) is 6.92 Å². The molecule has 0 aliphatic carbocycles. The topological polar surface area (TPSA) is 98.5 Å². The number of nitrogens with one attached hydrogen (secondary N) is 1. The normalized spacial score (nSPS) is 14.4. The molecule has 0 fully saturated rings. The van der Waals surface area contributed by atoms with Crippen molar-refractivity contribution in [1.29, 1.82) is 0 Å². The first-order chi connectivity index (χ1) is 9.69. The van der Waals surface area contributed by atoms with Crippen molar-refractivity contribution < 1.29 is 17.9 Å². The molecule has 0 aliphatic heterocycles. The first-order valence-corrected chi connectivity index (χ1v) is 8.56. The summed E-state index contributed by atoms with van der Waals surface area (Å²) in [7, 11) is -3.21. The minimum absolute atomic E-state index is 0.240. The Kier molecular flexibility index (Phi) is 5.74. The molecule has 0 spiro atoms. The molecule has 7 heteroatoms. The Morgan fingerprint density at radius 3 is 2.33 bits per heavy atom. The Bertz CT molecular complexity index is 583. The van der Waals surface area contributed by atoms with Gasteiger partial charge in [0.2, 0.25) is 5.91 Å². The van der Waals surface area contributed by atoms with E-state index in [0.29, 0.717) is 25.3 Å². The molecule has 3 N–H and O–H groups in total. The van der Waals surface area contributed by atoms with Gasteiger partial charge >= 0.3 is 0 Å². The molecule has 0 heterocycles. The Labute approximate surface area is 125 Å². The van der Waals surface area contributed by atoms with Crippen LogP contribution in [0.5, 0.6) is 5.75 Å². The molecule has 0 aliphatic rings. The Balaban J connectivity index is 2.62. The fourth-order valence-corrected chi connectivity index (χ4v) is 2.48. The zero-order valence-electron chi connectivity index (χ0n) is 12.5. The van der Waals surface area contributed by atoms with Crippen LogP contribution in [0, 0.1) is 0 Å². The first-order valence-electron chi connectivity index (χ1n) is 6.67. The molecule has 6 nitrogen and oxygen atoms in total. The number of hydrogen-bond acceptors (Lipinski definition) is 5. The number of benzene rings is 1. The zero-order valence-corrected chi connectivity index (χ0v) is 13.4. The second kappa shape index (κ2) is 6.91. The number of carbonyl (C=O) groups is 1. The van der Waals surface area contributed by atoms with Crippen LogP contribution in [-0.2, 0) is 14.6 Å². The fraction of sp³-hybridized carbons (Fsp3) is 0.500. The highest BCUT2D eigenvalue weighted by Gasteiger charge is 2.29. The van der Waals surface area contributed by atoms with Gasteiger partial charge in [-0.2, -0.15) is 0 Å². The third-order valence-corrected chi connectivity index (χ3v) is 4.36. The van der Waals surface area contributed by atoms with Gasteiger partial charge in [0.25, 0.3) is 0 Å². The van der Waals surface area contributed by atoms with Crippen LogP contribution in [0.2, 0.25) is 0 Å². The third kappa shape index (κ3) is 5.02. The number of amides is 1. The van der Waals surface area contributed by atoms with Crippen LogP contribution in [0.1, 0.15) is 20.3 Å². The molecule has 0 saturated heterocycles. The number of rotatable bonds is 8. The van der Waals surface area contributed by atoms with Crippen molar-refractivity contribution >= 4 is 15.7 Å². The Hall–Kier alpha value is -1.60. The summed E-state index contributed by atoms with van der Waals surface area (Å²) >= 11 is 0. The van der Waals surface area contributed by atoms with Gasteiger partial charge in [0.1, 0.15) is 5.75 Å². The fourth-order valence-electron chi connectivity index (χ4n) is 1.84. The molecule has 0 radical (unpaired) electrons.